The standard InChI is InChI=1S/C42H70N10O15/c1-8-21(6)30(44)38(62)50-33(22(7)54)39(63)46-24(17-29(56)57)35(59)45-23(13-14-28(43)55)34(58)48-31(19(2)3)41(65)52-16-10-12-27(52)40(64)51-15-9-11-26(51)37(61)47-25(18-53)36(60)49-32(20(4)5)42(66)67/h19-27,30-33,53-54H,8-18,44H2,1-7H3,(H2,43,55)(H,45,59)(H,46,63)(H,47,61)(H,48,58)(H,49,60)(H,50,62)(H,56,57)(H,66,67)/t21-,22+,23-,24-,25-,26-,27-,30-,31-,32-,33-/m0/s1. The molecule has 0 aliphatic carbocycles. The number of nitrogens with zero attached hydrogens (tertiary/aromatic N) is 2. The topological polar surface area (TPSA) is 399 Å². The smallest absolute Gasteiger partial charge is 0.326 e. The Kier molecular flexibility index (Phi) is 22.5. The molecule has 2 aliphatic heterocycles. The molecule has 0 aromatic carbocycles. The highest BCUT2D eigenvalue weighted by Crippen LogP contribution is 2.27. The zero-order chi connectivity index (χ0) is 51.0. The van der Waals surface area contributed by atoms with Crippen LogP contribution in [0.5, 0.6) is 0 Å². The fourth-order valence-corrected chi connectivity index (χ4v) is 7.60. The maximum absolute atomic E-state index is 14.3. The number of primary amides is 1. The van der Waals surface area contributed by atoms with Crippen molar-refractivity contribution in [2.75, 3.05) is 19.7 Å². The minimum atomic E-state index is -1.90. The van der Waals surface area contributed by atoms with Gasteiger partial charge in [0.15, 0.2) is 0 Å². The lowest BCUT2D eigenvalue weighted by Gasteiger charge is -2.34. The average Bonchev–Trinajstić information content (AvgIpc) is 3.96. The lowest BCUT2D eigenvalue weighted by Crippen LogP contribution is -2.62. The molecule has 0 aromatic rings. The molecule has 67 heavy (non-hydrogen) atoms. The number of carbonyl (C=O) groups excluding carboxylic acids is 9. The van der Waals surface area contributed by atoms with Gasteiger partial charge in [-0.3, -0.25) is 47.9 Å². The number of amides is 9. The molecule has 14 N–H and O–H groups in total. The molecule has 0 bridgehead atoms. The van der Waals surface area contributed by atoms with Gasteiger partial charge < -0.3 is 73.6 Å². The van der Waals surface area contributed by atoms with Gasteiger partial charge in [-0.1, -0.05) is 48.0 Å². The van der Waals surface area contributed by atoms with Crippen molar-refractivity contribution in [1.29, 1.82) is 0 Å². The first-order valence-corrected chi connectivity index (χ1v) is 22.5. The largest absolute Gasteiger partial charge is 0.481 e. The van der Waals surface area contributed by atoms with Crippen LogP contribution in [0.3, 0.4) is 0 Å². The summed E-state index contributed by atoms with van der Waals surface area (Å²) in [4.78, 5) is 146. The van der Waals surface area contributed by atoms with Crippen LogP contribution in [-0.4, -0.2) is 176 Å². The van der Waals surface area contributed by atoms with E-state index in [2.05, 4.69) is 31.9 Å². The second-order valence-electron chi connectivity index (χ2n) is 17.8. The molecular formula is C42H70N10O15. The van der Waals surface area contributed by atoms with Crippen molar-refractivity contribution in [2.24, 2.45) is 29.2 Å². The number of aliphatic hydroxyl groups excluding tert-OH is 2. The van der Waals surface area contributed by atoms with E-state index in [1.54, 1.807) is 41.5 Å². The number of nitrogens with one attached hydrogen (secondary N) is 6. The maximum atomic E-state index is 14.3. The van der Waals surface area contributed by atoms with Gasteiger partial charge in [-0.15, -0.1) is 0 Å². The third kappa shape index (κ3) is 16.4. The summed E-state index contributed by atoms with van der Waals surface area (Å²) in [6, 6.07) is -12.7. The predicted molar refractivity (Wildman–Crippen MR) is 235 cm³/mol. The van der Waals surface area contributed by atoms with E-state index in [-0.39, 0.29) is 31.8 Å². The third-order valence-electron chi connectivity index (χ3n) is 11.9. The highest BCUT2D eigenvalue weighted by atomic mass is 16.4. The molecule has 2 rings (SSSR count). The summed E-state index contributed by atoms with van der Waals surface area (Å²) in [7, 11) is 0. The van der Waals surface area contributed by atoms with Gasteiger partial charge in [0, 0.05) is 19.5 Å². The van der Waals surface area contributed by atoms with Gasteiger partial charge in [0.05, 0.1) is 25.2 Å². The van der Waals surface area contributed by atoms with E-state index in [4.69, 9.17) is 11.5 Å². The van der Waals surface area contributed by atoms with Gasteiger partial charge in [0.1, 0.15) is 48.3 Å². The Morgan fingerprint density at radius 1 is 0.642 bits per heavy atom. The zero-order valence-corrected chi connectivity index (χ0v) is 39.1. The number of carboxylic acid groups (broad SMARTS) is 2. The SMILES string of the molecule is CC[C@H](C)[C@H](N)C(=O)N[C@H](C(=O)N[C@@H](CC(=O)O)C(=O)N[C@@H](CCC(N)=O)C(=O)N[C@H](C(=O)N1CCC[C@H]1C(=O)N1CCC[C@H]1C(=O)N[C@@H](CO)C(=O)N[C@H](C(=O)O)C(C)C)C(C)C)[C@@H](C)O. The molecule has 2 aliphatic rings. The molecule has 0 aromatic heterocycles. The van der Waals surface area contributed by atoms with Crippen molar-refractivity contribution in [2.45, 2.75) is 160 Å². The monoisotopic (exact) mass is 955 g/mol. The van der Waals surface area contributed by atoms with Crippen LogP contribution in [0.4, 0.5) is 0 Å². The molecule has 2 fully saturated rings. The molecule has 2 heterocycles. The highest BCUT2D eigenvalue weighted by Gasteiger charge is 2.45. The molecule has 25 heteroatoms. The molecule has 0 saturated carbocycles. The number of aliphatic hydroxyl groups is 2. The maximum Gasteiger partial charge on any atom is 0.326 e. The first-order valence-electron chi connectivity index (χ1n) is 22.5. The first kappa shape index (κ1) is 57.2. The summed E-state index contributed by atoms with van der Waals surface area (Å²) >= 11 is 0. The Labute approximate surface area is 388 Å². The lowest BCUT2D eigenvalue weighted by molar-refractivity contribution is -0.149. The van der Waals surface area contributed by atoms with Crippen molar-refractivity contribution in [3.05, 3.63) is 0 Å². The van der Waals surface area contributed by atoms with Crippen LogP contribution < -0.4 is 43.4 Å². The fourth-order valence-electron chi connectivity index (χ4n) is 7.60. The minimum absolute atomic E-state index is 0.0717. The fraction of sp³-hybridized carbons (Fsp3) is 0.738. The Morgan fingerprint density at radius 3 is 1.66 bits per heavy atom. The summed E-state index contributed by atoms with van der Waals surface area (Å²) in [5, 5.41) is 53.4. The van der Waals surface area contributed by atoms with Crippen LogP contribution >= 0.6 is 0 Å². The van der Waals surface area contributed by atoms with E-state index in [0.29, 0.717) is 19.3 Å². The van der Waals surface area contributed by atoms with Gasteiger partial charge >= 0.3 is 11.9 Å². The summed E-state index contributed by atoms with van der Waals surface area (Å²) < 4.78 is 0. The normalized spacial score (nSPS) is 19.9. The van der Waals surface area contributed by atoms with Gasteiger partial charge in [0.2, 0.25) is 53.2 Å². The number of carbonyl (C=O) groups is 11. The molecular weight excluding hydrogens is 885 g/mol. The van der Waals surface area contributed by atoms with Crippen LogP contribution in [0, 0.1) is 17.8 Å². The van der Waals surface area contributed by atoms with Crippen molar-refractivity contribution in [3.8, 4) is 0 Å². The second-order valence-corrected chi connectivity index (χ2v) is 17.8. The van der Waals surface area contributed by atoms with Crippen LogP contribution in [-0.2, 0) is 52.7 Å². The Morgan fingerprint density at radius 2 is 1.15 bits per heavy atom. The number of aliphatic carboxylic acids is 2. The number of carboxylic acids is 2. The van der Waals surface area contributed by atoms with Gasteiger partial charge in [-0.05, 0) is 56.8 Å². The van der Waals surface area contributed by atoms with Crippen molar-refractivity contribution >= 4 is 65.1 Å². The average molecular weight is 955 g/mol. The van der Waals surface area contributed by atoms with E-state index in [9.17, 15) is 73.2 Å². The summed E-state index contributed by atoms with van der Waals surface area (Å²) in [5.41, 5.74) is 11.3. The molecule has 25 nitrogen and oxygen atoms in total. The number of hydrogen-bond acceptors (Lipinski definition) is 14. The van der Waals surface area contributed by atoms with Crippen LogP contribution in [0.1, 0.15) is 99.8 Å². The Bertz CT molecular complexity index is 1830. The van der Waals surface area contributed by atoms with E-state index in [1.165, 1.54) is 16.7 Å². The van der Waals surface area contributed by atoms with Crippen LogP contribution in [0.15, 0.2) is 0 Å². The van der Waals surface area contributed by atoms with Gasteiger partial charge in [0.25, 0.3) is 0 Å². The highest BCUT2D eigenvalue weighted by molar-refractivity contribution is 5.99. The van der Waals surface area contributed by atoms with E-state index < -0.39 is 163 Å². The molecule has 11 atom stereocenters. The molecule has 0 radical (unpaired) electrons. The Balaban J connectivity index is 2.30. The summed E-state index contributed by atoms with van der Waals surface area (Å²) in [6.07, 6.45) is -1.90. The first-order chi connectivity index (χ1) is 31.3. The molecule has 0 unspecified atom stereocenters. The van der Waals surface area contributed by atoms with Gasteiger partial charge in [-0.25, -0.2) is 4.79 Å². The summed E-state index contributed by atoms with van der Waals surface area (Å²) in [5.74, 6) is -12.5. The van der Waals surface area contributed by atoms with Crippen LogP contribution in [0.25, 0.3) is 0 Å². The van der Waals surface area contributed by atoms with Crippen molar-refractivity contribution in [1.82, 2.24) is 41.7 Å². The zero-order valence-electron chi connectivity index (χ0n) is 39.1. The molecule has 0 spiro atoms. The predicted octanol–water partition coefficient (Wildman–Crippen LogP) is -4.24. The molecule has 378 valence electrons. The lowest BCUT2D eigenvalue weighted by atomic mass is 9.98. The van der Waals surface area contributed by atoms with E-state index in [0.717, 1.165) is 0 Å². The number of likely N-dealkylation sites (tertiary alicyclic amines) is 2. The number of nitrogens with two attached hydrogens (primary N) is 2. The quantitative estimate of drug-likeness (QED) is 0.0391. The van der Waals surface area contributed by atoms with Crippen LogP contribution in [0.2, 0.25) is 0 Å². The summed E-state index contributed by atoms with van der Waals surface area (Å²) in [6.45, 7) is 10.2. The molecule has 2 saturated heterocycles. The van der Waals surface area contributed by atoms with Gasteiger partial charge in [-0.2, -0.15) is 0 Å². The minimum Gasteiger partial charge on any atom is -0.481 e. The van der Waals surface area contributed by atoms with E-state index >= 15 is 0 Å². The van der Waals surface area contributed by atoms with E-state index in [1.807, 2.05) is 0 Å². The van der Waals surface area contributed by atoms with Crippen molar-refractivity contribution < 1.29 is 73.2 Å². The Hall–Kier alpha value is -5.95. The number of hydrogen-bond donors (Lipinski definition) is 12. The number of rotatable bonds is 26. The third-order valence-corrected chi connectivity index (χ3v) is 11.9. The molecule has 9 amide bonds. The second kappa shape index (κ2) is 26.4. The van der Waals surface area contributed by atoms with Crippen molar-refractivity contribution in [3.63, 3.8) is 0 Å².